The first-order chi connectivity index (χ1) is 20.3. The Balaban J connectivity index is 2.27. The predicted molar refractivity (Wildman–Crippen MR) is 173 cm³/mol. The molecular weight excluding hydrogens is 582 g/mol. The van der Waals surface area contributed by atoms with Gasteiger partial charge < -0.3 is 19.5 Å². The molecule has 0 aliphatic carbocycles. The Morgan fingerprint density at radius 1 is 0.864 bits per heavy atom. The van der Waals surface area contributed by atoms with Crippen LogP contribution in [0.25, 0.3) is 0 Å². The van der Waals surface area contributed by atoms with Crippen LogP contribution in [0.15, 0.2) is 42.5 Å². The first-order valence-corrected chi connectivity index (χ1v) is 16.9. The van der Waals surface area contributed by atoms with E-state index in [2.05, 4.69) is 26.1 Å². The average molecular weight is 634 g/mol. The predicted octanol–water partition coefficient (Wildman–Crippen LogP) is 6.88. The molecule has 0 bridgehead atoms. The van der Waals surface area contributed by atoms with Crippen LogP contribution in [0.5, 0.6) is 17.2 Å². The van der Waals surface area contributed by atoms with Crippen LogP contribution in [0, 0.1) is 5.41 Å². The lowest BCUT2D eigenvalue weighted by Gasteiger charge is -2.25. The van der Waals surface area contributed by atoms with Gasteiger partial charge in [0.25, 0.3) is 10.1 Å². The van der Waals surface area contributed by atoms with Crippen LogP contribution in [0.1, 0.15) is 105 Å². The minimum absolute atomic E-state index is 0.00411. The summed E-state index contributed by atoms with van der Waals surface area (Å²) in [6.07, 6.45) is 3.83. The Hall–Kier alpha value is -2.95. The minimum Gasteiger partial charge on any atom is -0.491 e. The number of hydrogen-bond donors (Lipinski definition) is 2. The molecule has 0 spiro atoms. The van der Waals surface area contributed by atoms with Crippen LogP contribution in [-0.2, 0) is 26.1 Å². The molecule has 0 aliphatic heterocycles. The molecule has 9 nitrogen and oxygen atoms in total. The van der Waals surface area contributed by atoms with E-state index in [1.807, 2.05) is 34.6 Å². The first-order valence-electron chi connectivity index (χ1n) is 15.3. The highest BCUT2D eigenvalue weighted by Crippen LogP contribution is 2.33. The fourth-order valence-electron chi connectivity index (χ4n) is 4.46. The van der Waals surface area contributed by atoms with Crippen molar-refractivity contribution in [3.63, 3.8) is 0 Å². The van der Waals surface area contributed by atoms with E-state index in [0.29, 0.717) is 23.3 Å². The van der Waals surface area contributed by atoms with Gasteiger partial charge in [0.2, 0.25) is 0 Å². The van der Waals surface area contributed by atoms with Crippen LogP contribution in [0.3, 0.4) is 0 Å². The number of carbonyl (C=O) groups is 2. The number of esters is 2. The van der Waals surface area contributed by atoms with Gasteiger partial charge in [-0.2, -0.15) is 8.42 Å². The van der Waals surface area contributed by atoms with Crippen molar-refractivity contribution < 1.29 is 36.8 Å². The highest BCUT2D eigenvalue weighted by atomic mass is 32.2. The molecule has 10 heteroatoms. The highest BCUT2D eigenvalue weighted by Gasteiger charge is 2.24. The van der Waals surface area contributed by atoms with E-state index in [1.165, 1.54) is 12.1 Å². The second-order valence-electron chi connectivity index (χ2n) is 13.8. The molecule has 0 aromatic heterocycles. The first kappa shape index (κ1) is 37.2. The van der Waals surface area contributed by atoms with Crippen LogP contribution in [-0.4, -0.2) is 48.8 Å². The van der Waals surface area contributed by atoms with Gasteiger partial charge in [-0.1, -0.05) is 51.8 Å². The van der Waals surface area contributed by atoms with Crippen molar-refractivity contribution in [2.75, 3.05) is 12.3 Å². The van der Waals surface area contributed by atoms with Crippen molar-refractivity contribution in [3.05, 3.63) is 53.6 Å². The lowest BCUT2D eigenvalue weighted by atomic mass is 9.89. The standard InChI is InChI=1S/C34H51NO8S/c1-24(2)41-28-16-13-25(14-17-28)20-32(37)43-30-21-26(27(23-44(38,39)40)22-35-34(6,7)8)15-18-29(30)42-31(36)12-10-9-11-19-33(3,4)5/h13-18,21,24,27,35H,9-12,19-20,22-23H2,1-8H3,(H,38,39,40). The Morgan fingerprint density at radius 2 is 1.50 bits per heavy atom. The number of hydrogen-bond acceptors (Lipinski definition) is 8. The van der Waals surface area contributed by atoms with Crippen molar-refractivity contribution in [3.8, 4) is 17.2 Å². The zero-order valence-electron chi connectivity index (χ0n) is 27.6. The maximum atomic E-state index is 13.0. The Kier molecular flexibility index (Phi) is 13.9. The van der Waals surface area contributed by atoms with E-state index in [1.54, 1.807) is 30.3 Å². The van der Waals surface area contributed by atoms with Gasteiger partial charge in [-0.25, -0.2) is 0 Å². The van der Waals surface area contributed by atoms with Gasteiger partial charge >= 0.3 is 11.9 Å². The lowest BCUT2D eigenvalue weighted by Crippen LogP contribution is -2.39. The molecule has 0 aliphatic rings. The van der Waals surface area contributed by atoms with Gasteiger partial charge in [-0.3, -0.25) is 14.1 Å². The zero-order chi connectivity index (χ0) is 33.1. The molecule has 0 fully saturated rings. The molecule has 246 valence electrons. The molecule has 0 saturated carbocycles. The molecule has 2 aromatic carbocycles. The van der Waals surface area contributed by atoms with Crippen molar-refractivity contribution in [1.82, 2.24) is 5.32 Å². The van der Waals surface area contributed by atoms with Crippen molar-refractivity contribution in [2.45, 2.75) is 111 Å². The van der Waals surface area contributed by atoms with Crippen LogP contribution >= 0.6 is 0 Å². The fraction of sp³-hybridized carbons (Fsp3) is 0.588. The number of unbranched alkanes of at least 4 members (excludes halogenated alkanes) is 2. The van der Waals surface area contributed by atoms with E-state index >= 15 is 0 Å². The normalized spacial score (nSPS) is 13.0. The van der Waals surface area contributed by atoms with Gasteiger partial charge in [-0.15, -0.1) is 0 Å². The summed E-state index contributed by atoms with van der Waals surface area (Å²) in [6, 6.07) is 11.7. The number of ether oxygens (including phenoxy) is 3. The van der Waals surface area contributed by atoms with Crippen molar-refractivity contribution in [1.29, 1.82) is 0 Å². The molecule has 2 N–H and O–H groups in total. The summed E-state index contributed by atoms with van der Waals surface area (Å²) in [5.74, 6) is -1.48. The summed E-state index contributed by atoms with van der Waals surface area (Å²) in [6.45, 7) is 16.5. The van der Waals surface area contributed by atoms with Crippen LogP contribution in [0.4, 0.5) is 0 Å². The smallest absolute Gasteiger partial charge is 0.315 e. The molecule has 1 unspecified atom stereocenters. The molecule has 2 rings (SSSR count). The fourth-order valence-corrected chi connectivity index (χ4v) is 5.28. The molecule has 44 heavy (non-hydrogen) atoms. The van der Waals surface area contributed by atoms with Gasteiger partial charge in [0.1, 0.15) is 5.75 Å². The number of benzene rings is 2. The second-order valence-corrected chi connectivity index (χ2v) is 15.3. The Bertz CT molecular complexity index is 1320. The zero-order valence-corrected chi connectivity index (χ0v) is 28.4. The second kappa shape index (κ2) is 16.4. The topological polar surface area (TPSA) is 128 Å². The van der Waals surface area contributed by atoms with Crippen molar-refractivity contribution in [2.24, 2.45) is 5.41 Å². The van der Waals surface area contributed by atoms with Crippen LogP contribution in [0.2, 0.25) is 0 Å². The number of rotatable bonds is 16. The van der Waals surface area contributed by atoms with E-state index in [-0.39, 0.29) is 47.9 Å². The molecular formula is C34H51NO8S. The highest BCUT2D eigenvalue weighted by molar-refractivity contribution is 7.85. The maximum absolute atomic E-state index is 13.0. The van der Waals surface area contributed by atoms with E-state index < -0.39 is 33.7 Å². The van der Waals surface area contributed by atoms with Gasteiger partial charge in [0, 0.05) is 24.4 Å². The van der Waals surface area contributed by atoms with Gasteiger partial charge in [-0.05, 0) is 88.3 Å². The number of carbonyl (C=O) groups excluding carboxylic acids is 2. The monoisotopic (exact) mass is 633 g/mol. The summed E-state index contributed by atoms with van der Waals surface area (Å²) in [7, 11) is -4.32. The van der Waals surface area contributed by atoms with E-state index in [9.17, 15) is 22.6 Å². The van der Waals surface area contributed by atoms with Gasteiger partial charge in [0.05, 0.1) is 18.3 Å². The summed E-state index contributed by atoms with van der Waals surface area (Å²) in [5.41, 5.74) is 1.12. The molecule has 0 amide bonds. The third-order valence-electron chi connectivity index (χ3n) is 6.63. The average Bonchev–Trinajstić information content (AvgIpc) is 2.86. The summed E-state index contributed by atoms with van der Waals surface area (Å²) in [4.78, 5) is 25.8. The summed E-state index contributed by atoms with van der Waals surface area (Å²) >= 11 is 0. The quantitative estimate of drug-likeness (QED) is 0.0879. The molecule has 0 heterocycles. The largest absolute Gasteiger partial charge is 0.491 e. The van der Waals surface area contributed by atoms with Crippen molar-refractivity contribution >= 4 is 22.1 Å². The number of nitrogens with one attached hydrogen (secondary N) is 1. The Morgan fingerprint density at radius 3 is 2.07 bits per heavy atom. The van der Waals surface area contributed by atoms with E-state index in [0.717, 1.165) is 19.3 Å². The third-order valence-corrected chi connectivity index (χ3v) is 7.45. The Labute approximate surface area is 263 Å². The summed E-state index contributed by atoms with van der Waals surface area (Å²) < 4.78 is 50.4. The molecule has 1 atom stereocenters. The van der Waals surface area contributed by atoms with E-state index in [4.69, 9.17) is 14.2 Å². The van der Waals surface area contributed by atoms with Gasteiger partial charge in [0.15, 0.2) is 11.5 Å². The third kappa shape index (κ3) is 15.7. The molecule has 0 radical (unpaired) electrons. The maximum Gasteiger partial charge on any atom is 0.315 e. The van der Waals surface area contributed by atoms with Crippen LogP contribution < -0.4 is 19.5 Å². The lowest BCUT2D eigenvalue weighted by molar-refractivity contribution is -0.136. The molecule has 0 saturated heterocycles. The SMILES string of the molecule is CC(C)Oc1ccc(CC(=O)Oc2cc(C(CNC(C)(C)C)CS(=O)(=O)O)ccc2OC(=O)CCCCCC(C)(C)C)cc1. The summed E-state index contributed by atoms with van der Waals surface area (Å²) in [5, 5.41) is 3.26. The minimum atomic E-state index is -4.32. The molecule has 2 aromatic rings.